The average Bonchev–Trinajstić information content (AvgIpc) is 2.77. The summed E-state index contributed by atoms with van der Waals surface area (Å²) < 4.78 is 1.84. The van der Waals surface area contributed by atoms with E-state index in [1.165, 1.54) is 0 Å². The van der Waals surface area contributed by atoms with Crippen LogP contribution >= 0.6 is 0 Å². The van der Waals surface area contributed by atoms with E-state index in [4.69, 9.17) is 4.84 Å². The number of hydrogen-bond acceptors (Lipinski definition) is 4. The number of carbonyl (C=O) groups is 1. The Hall–Kier alpha value is -1.95. The van der Waals surface area contributed by atoms with Gasteiger partial charge in [0.25, 0.3) is 5.91 Å². The summed E-state index contributed by atoms with van der Waals surface area (Å²) in [6.07, 6.45) is 1.72. The molecule has 0 aliphatic carbocycles. The molecule has 2 aromatic heterocycles. The molecule has 102 valence electrons. The highest BCUT2D eigenvalue weighted by molar-refractivity contribution is 5.97. The highest BCUT2D eigenvalue weighted by Crippen LogP contribution is 2.19. The van der Waals surface area contributed by atoms with Crippen LogP contribution in [-0.2, 0) is 4.84 Å². The molecule has 0 aliphatic rings. The molecule has 0 saturated heterocycles. The molecule has 2 aromatic rings. The van der Waals surface area contributed by atoms with Crippen molar-refractivity contribution in [1.82, 2.24) is 20.2 Å². The number of nitrogens with zero attached hydrogens (tertiary/aromatic N) is 3. The minimum atomic E-state index is -0.286. The Morgan fingerprint density at radius 2 is 2.26 bits per heavy atom. The van der Waals surface area contributed by atoms with Crippen molar-refractivity contribution in [2.24, 2.45) is 0 Å². The van der Waals surface area contributed by atoms with Crippen molar-refractivity contribution in [2.45, 2.75) is 33.7 Å². The summed E-state index contributed by atoms with van der Waals surface area (Å²) in [5.41, 5.74) is 4.33. The van der Waals surface area contributed by atoms with Crippen molar-refractivity contribution < 1.29 is 9.63 Å². The van der Waals surface area contributed by atoms with Gasteiger partial charge in [-0.15, -0.1) is 0 Å². The molecule has 0 aliphatic heterocycles. The van der Waals surface area contributed by atoms with Crippen LogP contribution in [0.15, 0.2) is 12.3 Å². The van der Waals surface area contributed by atoms with E-state index in [1.54, 1.807) is 26.1 Å². The van der Waals surface area contributed by atoms with E-state index in [9.17, 15) is 4.79 Å². The third kappa shape index (κ3) is 2.58. The largest absolute Gasteiger partial charge is 0.276 e. The molecule has 19 heavy (non-hydrogen) atoms. The minimum Gasteiger partial charge on any atom is -0.274 e. The van der Waals surface area contributed by atoms with E-state index in [0.717, 1.165) is 11.0 Å². The van der Waals surface area contributed by atoms with Crippen LogP contribution in [0.3, 0.4) is 0 Å². The lowest BCUT2D eigenvalue weighted by atomic mass is 10.1. The van der Waals surface area contributed by atoms with Crippen LogP contribution < -0.4 is 5.48 Å². The third-order valence-electron chi connectivity index (χ3n) is 2.80. The molecule has 1 amide bonds. The van der Waals surface area contributed by atoms with Gasteiger partial charge < -0.3 is 0 Å². The van der Waals surface area contributed by atoms with Crippen molar-refractivity contribution in [1.29, 1.82) is 0 Å². The van der Waals surface area contributed by atoms with Crippen molar-refractivity contribution in [3.8, 4) is 0 Å². The van der Waals surface area contributed by atoms with Crippen LogP contribution in [0.25, 0.3) is 11.0 Å². The SMILES string of the molecule is CCONC(=O)c1cc2cnn(C(C)C)c2nc1C. The van der Waals surface area contributed by atoms with Crippen molar-refractivity contribution in [3.05, 3.63) is 23.5 Å². The Morgan fingerprint density at radius 3 is 2.89 bits per heavy atom. The molecular formula is C13H18N4O2. The molecule has 2 rings (SSSR count). The van der Waals surface area contributed by atoms with Gasteiger partial charge in [-0.25, -0.2) is 15.1 Å². The van der Waals surface area contributed by atoms with Gasteiger partial charge in [-0.2, -0.15) is 5.10 Å². The van der Waals surface area contributed by atoms with E-state index in [-0.39, 0.29) is 11.9 Å². The lowest BCUT2D eigenvalue weighted by molar-refractivity contribution is 0.0363. The smallest absolute Gasteiger partial charge is 0.274 e. The van der Waals surface area contributed by atoms with Gasteiger partial charge in [-0.1, -0.05) is 0 Å². The Bertz CT molecular complexity index is 604. The Labute approximate surface area is 111 Å². The van der Waals surface area contributed by atoms with Crippen LogP contribution in [0.5, 0.6) is 0 Å². The molecule has 0 radical (unpaired) electrons. The number of aryl methyl sites for hydroxylation is 1. The highest BCUT2D eigenvalue weighted by atomic mass is 16.6. The molecule has 0 spiro atoms. The summed E-state index contributed by atoms with van der Waals surface area (Å²) in [7, 11) is 0. The minimum absolute atomic E-state index is 0.229. The number of amides is 1. The van der Waals surface area contributed by atoms with Crippen LogP contribution in [0.1, 0.15) is 42.9 Å². The molecule has 0 fully saturated rings. The fraction of sp³-hybridized carbons (Fsp3) is 0.462. The Balaban J connectivity index is 2.43. The predicted octanol–water partition coefficient (Wildman–Crippen LogP) is 2.00. The number of fused-ring (bicyclic) bond motifs is 1. The van der Waals surface area contributed by atoms with Crippen LogP contribution in [0, 0.1) is 6.92 Å². The predicted molar refractivity (Wildman–Crippen MR) is 71.7 cm³/mol. The summed E-state index contributed by atoms with van der Waals surface area (Å²) in [6, 6.07) is 2.02. The Morgan fingerprint density at radius 1 is 1.53 bits per heavy atom. The second-order valence-electron chi connectivity index (χ2n) is 4.58. The summed E-state index contributed by atoms with van der Waals surface area (Å²) >= 11 is 0. The summed E-state index contributed by atoms with van der Waals surface area (Å²) in [5.74, 6) is -0.286. The van der Waals surface area contributed by atoms with Gasteiger partial charge in [-0.05, 0) is 33.8 Å². The lowest BCUT2D eigenvalue weighted by Crippen LogP contribution is -2.24. The summed E-state index contributed by atoms with van der Waals surface area (Å²) in [6.45, 7) is 8.11. The molecule has 2 heterocycles. The second-order valence-corrected chi connectivity index (χ2v) is 4.58. The maximum Gasteiger partial charge on any atom is 0.276 e. The first-order valence-corrected chi connectivity index (χ1v) is 6.31. The van der Waals surface area contributed by atoms with Gasteiger partial charge in [0.15, 0.2) is 5.65 Å². The van der Waals surface area contributed by atoms with Gasteiger partial charge >= 0.3 is 0 Å². The first kappa shape index (κ1) is 13.5. The molecule has 0 bridgehead atoms. The van der Waals surface area contributed by atoms with Crippen LogP contribution in [-0.4, -0.2) is 27.3 Å². The van der Waals surface area contributed by atoms with Crippen molar-refractivity contribution >= 4 is 16.9 Å². The second kappa shape index (κ2) is 5.36. The van der Waals surface area contributed by atoms with E-state index in [1.807, 2.05) is 18.5 Å². The average molecular weight is 262 g/mol. The third-order valence-corrected chi connectivity index (χ3v) is 2.80. The zero-order chi connectivity index (χ0) is 14.0. The molecule has 6 nitrogen and oxygen atoms in total. The monoisotopic (exact) mass is 262 g/mol. The van der Waals surface area contributed by atoms with Gasteiger partial charge in [0.2, 0.25) is 0 Å². The van der Waals surface area contributed by atoms with Gasteiger partial charge in [0.1, 0.15) is 0 Å². The first-order valence-electron chi connectivity index (χ1n) is 6.31. The summed E-state index contributed by atoms with van der Waals surface area (Å²) in [4.78, 5) is 21.3. The van der Waals surface area contributed by atoms with Gasteiger partial charge in [-0.3, -0.25) is 9.63 Å². The number of hydrogen-bond donors (Lipinski definition) is 1. The maximum atomic E-state index is 11.9. The highest BCUT2D eigenvalue weighted by Gasteiger charge is 2.15. The Kier molecular flexibility index (Phi) is 3.80. The van der Waals surface area contributed by atoms with Gasteiger partial charge in [0.05, 0.1) is 24.1 Å². The zero-order valence-electron chi connectivity index (χ0n) is 11.6. The van der Waals surface area contributed by atoms with E-state index >= 15 is 0 Å². The quantitative estimate of drug-likeness (QED) is 0.856. The number of aromatic nitrogens is 3. The molecule has 0 aromatic carbocycles. The fourth-order valence-electron chi connectivity index (χ4n) is 1.87. The maximum absolute atomic E-state index is 11.9. The number of nitrogens with one attached hydrogen (secondary N) is 1. The molecule has 1 N–H and O–H groups in total. The number of hydroxylamine groups is 1. The zero-order valence-corrected chi connectivity index (χ0v) is 11.6. The van der Waals surface area contributed by atoms with E-state index < -0.39 is 0 Å². The van der Waals surface area contributed by atoms with Crippen molar-refractivity contribution in [3.63, 3.8) is 0 Å². The normalized spacial score (nSPS) is 11.2. The molecule has 0 saturated carbocycles. The van der Waals surface area contributed by atoms with E-state index in [0.29, 0.717) is 17.9 Å². The van der Waals surface area contributed by atoms with Gasteiger partial charge in [0, 0.05) is 11.4 Å². The van der Waals surface area contributed by atoms with Crippen LogP contribution in [0.4, 0.5) is 0 Å². The summed E-state index contributed by atoms with van der Waals surface area (Å²) in [5, 5.41) is 5.14. The standard InChI is InChI=1S/C13H18N4O2/c1-5-19-16-13(18)11-6-10-7-14-17(8(2)3)12(10)15-9(11)4/h6-8H,5H2,1-4H3,(H,16,18). The van der Waals surface area contributed by atoms with Crippen LogP contribution in [0.2, 0.25) is 0 Å². The molecule has 0 atom stereocenters. The molecule has 6 heteroatoms. The van der Waals surface area contributed by atoms with E-state index in [2.05, 4.69) is 15.6 Å². The fourth-order valence-corrected chi connectivity index (χ4v) is 1.87. The molecule has 0 unspecified atom stereocenters. The topological polar surface area (TPSA) is 69.0 Å². The number of carbonyl (C=O) groups excluding carboxylic acids is 1. The number of rotatable bonds is 4. The lowest BCUT2D eigenvalue weighted by Gasteiger charge is -2.09. The first-order chi connectivity index (χ1) is 9.04. The molecular weight excluding hydrogens is 244 g/mol. The van der Waals surface area contributed by atoms with Crippen molar-refractivity contribution in [2.75, 3.05) is 6.61 Å². The number of pyridine rings is 1.